The predicted octanol–water partition coefficient (Wildman–Crippen LogP) is 4.73. The number of hydrogen-bond donors (Lipinski definition) is 1. The van der Waals surface area contributed by atoms with Crippen molar-refractivity contribution < 1.29 is 24.1 Å². The van der Waals surface area contributed by atoms with Crippen molar-refractivity contribution in [2.24, 2.45) is 5.92 Å². The second-order valence-electron chi connectivity index (χ2n) is 7.10. The highest BCUT2D eigenvalue weighted by atomic mass is 16.7. The van der Waals surface area contributed by atoms with Crippen LogP contribution >= 0.6 is 0 Å². The molecule has 0 saturated carbocycles. The molecule has 0 spiro atoms. The quantitative estimate of drug-likeness (QED) is 0.508. The maximum absolute atomic E-state index is 10.5. The van der Waals surface area contributed by atoms with Crippen molar-refractivity contribution in [1.29, 1.82) is 0 Å². The summed E-state index contributed by atoms with van der Waals surface area (Å²) < 4.78 is 17.6. The lowest BCUT2D eigenvalue weighted by atomic mass is 9.91. The molecule has 1 aliphatic heterocycles. The van der Waals surface area contributed by atoms with Crippen LogP contribution in [0.5, 0.6) is 5.75 Å². The summed E-state index contributed by atoms with van der Waals surface area (Å²) in [5.41, 5.74) is 1.05. The van der Waals surface area contributed by atoms with Crippen molar-refractivity contribution in [3.8, 4) is 5.75 Å². The van der Waals surface area contributed by atoms with Crippen LogP contribution in [-0.2, 0) is 14.3 Å². The number of rotatable bonds is 9. The number of methoxy groups -OCH3 is 1. The maximum Gasteiger partial charge on any atom is 0.303 e. The van der Waals surface area contributed by atoms with Crippen molar-refractivity contribution in [2.45, 2.75) is 57.8 Å². The fourth-order valence-corrected chi connectivity index (χ4v) is 3.17. The molecule has 0 bridgehead atoms. The topological polar surface area (TPSA) is 65.0 Å². The lowest BCUT2D eigenvalue weighted by molar-refractivity contribution is -0.295. The van der Waals surface area contributed by atoms with Crippen LogP contribution in [0.4, 0.5) is 0 Å². The molecule has 0 aromatic heterocycles. The van der Waals surface area contributed by atoms with Gasteiger partial charge in [0.2, 0.25) is 0 Å². The van der Waals surface area contributed by atoms with Gasteiger partial charge in [0.05, 0.1) is 19.8 Å². The van der Waals surface area contributed by atoms with Gasteiger partial charge in [0.25, 0.3) is 0 Å². The van der Waals surface area contributed by atoms with E-state index in [0.717, 1.165) is 30.6 Å². The minimum atomic E-state index is -0.729. The summed E-state index contributed by atoms with van der Waals surface area (Å²) in [5, 5.41) is 8.65. The average Bonchev–Trinajstić information content (AvgIpc) is 2.61. The van der Waals surface area contributed by atoms with Gasteiger partial charge in [-0.3, -0.25) is 4.79 Å². The molecule has 1 N–H and O–H groups in total. The average molecular weight is 362 g/mol. The smallest absolute Gasteiger partial charge is 0.303 e. The Morgan fingerprint density at radius 2 is 2.08 bits per heavy atom. The van der Waals surface area contributed by atoms with Gasteiger partial charge in [-0.25, -0.2) is 0 Å². The Kier molecular flexibility index (Phi) is 7.66. The molecule has 1 heterocycles. The molecule has 0 aliphatic carbocycles. The summed E-state index contributed by atoms with van der Waals surface area (Å²) in [4.78, 5) is 10.5. The van der Waals surface area contributed by atoms with Crippen molar-refractivity contribution in [2.75, 3.05) is 13.7 Å². The predicted molar refractivity (Wildman–Crippen MR) is 100 cm³/mol. The Labute approximate surface area is 156 Å². The van der Waals surface area contributed by atoms with Gasteiger partial charge in [-0.1, -0.05) is 30.4 Å². The summed E-state index contributed by atoms with van der Waals surface area (Å²) in [6, 6.07) is 7.96. The summed E-state index contributed by atoms with van der Waals surface area (Å²) >= 11 is 0. The molecule has 5 nitrogen and oxygen atoms in total. The summed E-state index contributed by atoms with van der Waals surface area (Å²) in [5.74, 6) is -0.317. The number of hydrogen-bond acceptors (Lipinski definition) is 4. The molecule has 26 heavy (non-hydrogen) atoms. The number of allylic oxidation sites excluding steroid dienone is 2. The van der Waals surface area contributed by atoms with E-state index in [1.807, 2.05) is 38.1 Å². The van der Waals surface area contributed by atoms with Crippen LogP contribution in [0.25, 0.3) is 0 Å². The molecule has 1 aromatic carbocycles. The molecule has 1 saturated heterocycles. The van der Waals surface area contributed by atoms with Gasteiger partial charge >= 0.3 is 5.97 Å². The van der Waals surface area contributed by atoms with Crippen LogP contribution in [0.15, 0.2) is 36.4 Å². The van der Waals surface area contributed by atoms with E-state index in [4.69, 9.17) is 19.3 Å². The van der Waals surface area contributed by atoms with Gasteiger partial charge in [0.1, 0.15) is 5.75 Å². The minimum absolute atomic E-state index is 0.0911. The fourth-order valence-electron chi connectivity index (χ4n) is 3.17. The molecule has 0 radical (unpaired) electrons. The Balaban J connectivity index is 1.97. The van der Waals surface area contributed by atoms with Crippen LogP contribution < -0.4 is 4.74 Å². The number of benzene rings is 1. The Bertz CT molecular complexity index is 608. The van der Waals surface area contributed by atoms with E-state index in [0.29, 0.717) is 13.0 Å². The van der Waals surface area contributed by atoms with E-state index in [2.05, 4.69) is 12.2 Å². The number of carbonyl (C=O) groups is 1. The van der Waals surface area contributed by atoms with E-state index in [1.165, 1.54) is 0 Å². The van der Waals surface area contributed by atoms with Gasteiger partial charge in [-0.05, 0) is 45.6 Å². The molecule has 144 valence electrons. The molecule has 2 unspecified atom stereocenters. The maximum atomic E-state index is 10.5. The number of carboxylic acids is 1. The van der Waals surface area contributed by atoms with Gasteiger partial charge in [-0.2, -0.15) is 0 Å². The lowest BCUT2D eigenvalue weighted by Crippen LogP contribution is -2.41. The first-order valence-corrected chi connectivity index (χ1v) is 9.24. The van der Waals surface area contributed by atoms with Crippen LogP contribution in [0.1, 0.15) is 57.6 Å². The summed E-state index contributed by atoms with van der Waals surface area (Å²) in [6.07, 6.45) is 7.77. The van der Waals surface area contributed by atoms with Crippen LogP contribution in [0.2, 0.25) is 0 Å². The highest BCUT2D eigenvalue weighted by molar-refractivity contribution is 5.66. The fraction of sp³-hybridized carbons (Fsp3) is 0.571. The standard InChI is InChI=1S/C21H30O5/c1-21(2)25-15-16(11-7-5-4-6-8-14-19(22)23)20(26-21)17-12-9-10-13-18(17)24-3/h5,7,9-10,12-13,16,20H,4,6,8,11,14-15H2,1-3H3,(H,22,23)/b7-5-. The lowest BCUT2D eigenvalue weighted by Gasteiger charge is -2.41. The number of aliphatic carboxylic acids is 1. The van der Waals surface area contributed by atoms with Crippen molar-refractivity contribution >= 4 is 5.97 Å². The molecule has 1 fully saturated rings. The van der Waals surface area contributed by atoms with Crippen molar-refractivity contribution in [3.63, 3.8) is 0 Å². The Morgan fingerprint density at radius 1 is 1.31 bits per heavy atom. The van der Waals surface area contributed by atoms with Crippen LogP contribution in [0, 0.1) is 5.92 Å². The molecule has 0 amide bonds. The Hall–Kier alpha value is -1.85. The second-order valence-corrected chi connectivity index (χ2v) is 7.10. The van der Waals surface area contributed by atoms with E-state index in [1.54, 1.807) is 7.11 Å². The van der Waals surface area contributed by atoms with Gasteiger partial charge < -0.3 is 19.3 Å². The number of carboxylic acid groups (broad SMARTS) is 1. The first-order valence-electron chi connectivity index (χ1n) is 9.24. The zero-order chi connectivity index (χ0) is 19.0. The zero-order valence-electron chi connectivity index (χ0n) is 15.9. The molecule has 5 heteroatoms. The summed E-state index contributed by atoms with van der Waals surface area (Å²) in [6.45, 7) is 4.49. The van der Waals surface area contributed by atoms with E-state index in [-0.39, 0.29) is 18.4 Å². The van der Waals surface area contributed by atoms with Gasteiger partial charge in [0.15, 0.2) is 5.79 Å². The van der Waals surface area contributed by atoms with E-state index >= 15 is 0 Å². The molecular weight excluding hydrogens is 332 g/mol. The molecular formula is C21H30O5. The van der Waals surface area contributed by atoms with Crippen molar-refractivity contribution in [3.05, 3.63) is 42.0 Å². The second kappa shape index (κ2) is 9.74. The third-order valence-electron chi connectivity index (χ3n) is 4.55. The largest absolute Gasteiger partial charge is 0.496 e. The third kappa shape index (κ3) is 6.15. The van der Waals surface area contributed by atoms with Crippen LogP contribution in [0.3, 0.4) is 0 Å². The molecule has 2 atom stereocenters. The zero-order valence-corrected chi connectivity index (χ0v) is 15.9. The van der Waals surface area contributed by atoms with E-state index in [9.17, 15) is 4.79 Å². The SMILES string of the molecule is COc1ccccc1C1OC(C)(C)OCC1C/C=C\CCCCC(=O)O. The van der Waals surface area contributed by atoms with Crippen LogP contribution in [-0.4, -0.2) is 30.6 Å². The monoisotopic (exact) mass is 362 g/mol. The normalized spacial score (nSPS) is 22.4. The molecule has 1 aromatic rings. The first kappa shape index (κ1) is 20.5. The number of para-hydroxylation sites is 1. The minimum Gasteiger partial charge on any atom is -0.496 e. The molecule has 1 aliphatic rings. The van der Waals surface area contributed by atoms with Gasteiger partial charge in [0, 0.05) is 17.9 Å². The highest BCUT2D eigenvalue weighted by Gasteiger charge is 2.37. The first-order chi connectivity index (χ1) is 12.4. The van der Waals surface area contributed by atoms with Gasteiger partial charge in [-0.15, -0.1) is 0 Å². The van der Waals surface area contributed by atoms with Crippen molar-refractivity contribution in [1.82, 2.24) is 0 Å². The number of unbranched alkanes of at least 4 members (excludes halogenated alkanes) is 2. The van der Waals surface area contributed by atoms with E-state index < -0.39 is 11.8 Å². The highest BCUT2D eigenvalue weighted by Crippen LogP contribution is 2.41. The summed E-state index contributed by atoms with van der Waals surface area (Å²) in [7, 11) is 1.68. The number of ether oxygens (including phenoxy) is 3. The molecule has 2 rings (SSSR count). The Morgan fingerprint density at radius 3 is 2.81 bits per heavy atom. The third-order valence-corrected chi connectivity index (χ3v) is 4.55.